The Morgan fingerprint density at radius 1 is 1.17 bits per heavy atom. The van der Waals surface area contributed by atoms with Gasteiger partial charge in [0.25, 0.3) is 5.72 Å². The third-order valence-corrected chi connectivity index (χ3v) is 6.09. The van der Waals surface area contributed by atoms with Gasteiger partial charge in [0.05, 0.1) is 22.2 Å². The Kier molecular flexibility index (Phi) is 5.55. The first kappa shape index (κ1) is 22.4. The number of aliphatic hydroxyl groups is 1. The number of sulfone groups is 1. The number of alkyl halides is 3. The number of amidine groups is 1. The molecule has 1 N–H and O–H groups in total. The third kappa shape index (κ3) is 4.12. The van der Waals surface area contributed by atoms with Crippen LogP contribution in [0, 0.1) is 0 Å². The largest absolute Gasteiger partial charge is 0.440 e. The summed E-state index contributed by atoms with van der Waals surface area (Å²) < 4.78 is 63.9. The van der Waals surface area contributed by atoms with Gasteiger partial charge in [0, 0.05) is 31.6 Å². The van der Waals surface area contributed by atoms with Crippen molar-refractivity contribution in [3.05, 3.63) is 53.1 Å². The van der Waals surface area contributed by atoms with E-state index in [0.29, 0.717) is 16.3 Å². The molecule has 1 atom stereocenters. The minimum Gasteiger partial charge on any atom is -0.376 e. The van der Waals surface area contributed by atoms with E-state index in [1.807, 2.05) is 0 Å². The molecule has 0 aromatic heterocycles. The van der Waals surface area contributed by atoms with E-state index in [1.165, 1.54) is 41.3 Å². The Morgan fingerprint density at radius 3 is 2.27 bits per heavy atom. The minimum atomic E-state index is -5.00. The van der Waals surface area contributed by atoms with Gasteiger partial charge in [0.15, 0.2) is 9.84 Å². The van der Waals surface area contributed by atoms with Gasteiger partial charge in [-0.15, -0.1) is 0 Å². The SMILES string of the molecule is CN(C)c1cc(C2=NC(O)(C(F)(F)F)CN2c2ccc(S(C)(=O)=O)cc2)ccc1Cl. The highest BCUT2D eigenvalue weighted by Crippen LogP contribution is 2.39. The summed E-state index contributed by atoms with van der Waals surface area (Å²) >= 11 is 6.16. The molecule has 0 aliphatic carbocycles. The molecule has 3 rings (SSSR count). The van der Waals surface area contributed by atoms with Gasteiger partial charge in [-0.25, -0.2) is 13.4 Å². The normalized spacial score (nSPS) is 19.7. The predicted molar refractivity (Wildman–Crippen MR) is 110 cm³/mol. The van der Waals surface area contributed by atoms with Crippen LogP contribution in [0.15, 0.2) is 52.4 Å². The van der Waals surface area contributed by atoms with Crippen molar-refractivity contribution in [2.24, 2.45) is 4.99 Å². The molecule has 6 nitrogen and oxygen atoms in total. The molecule has 0 bridgehead atoms. The van der Waals surface area contributed by atoms with Crippen molar-refractivity contribution in [1.29, 1.82) is 0 Å². The van der Waals surface area contributed by atoms with Gasteiger partial charge in [-0.1, -0.05) is 11.6 Å². The van der Waals surface area contributed by atoms with Crippen LogP contribution in [0.1, 0.15) is 5.56 Å². The van der Waals surface area contributed by atoms with Crippen LogP contribution in [0.25, 0.3) is 0 Å². The van der Waals surface area contributed by atoms with E-state index in [-0.39, 0.29) is 16.4 Å². The number of benzene rings is 2. The molecule has 1 aliphatic heterocycles. The molecule has 11 heteroatoms. The van der Waals surface area contributed by atoms with Crippen molar-refractivity contribution in [2.45, 2.75) is 16.8 Å². The first-order chi connectivity index (χ1) is 13.7. The fraction of sp³-hybridized carbons (Fsp3) is 0.316. The van der Waals surface area contributed by atoms with Crippen LogP contribution < -0.4 is 9.80 Å². The summed E-state index contributed by atoms with van der Waals surface area (Å²) in [4.78, 5) is 6.53. The Balaban J connectivity index is 2.13. The molecule has 0 saturated carbocycles. The van der Waals surface area contributed by atoms with Crippen LogP contribution in [-0.4, -0.2) is 58.2 Å². The summed E-state index contributed by atoms with van der Waals surface area (Å²) in [6.45, 7) is -0.871. The van der Waals surface area contributed by atoms with Crippen LogP contribution in [0.4, 0.5) is 24.5 Å². The second-order valence-corrected chi connectivity index (χ2v) is 9.59. The lowest BCUT2D eigenvalue weighted by atomic mass is 10.1. The van der Waals surface area contributed by atoms with Gasteiger partial charge < -0.3 is 14.9 Å². The highest BCUT2D eigenvalue weighted by Gasteiger charge is 2.59. The molecule has 162 valence electrons. The lowest BCUT2D eigenvalue weighted by Gasteiger charge is -2.26. The summed E-state index contributed by atoms with van der Waals surface area (Å²) in [5.74, 6) is -0.110. The van der Waals surface area contributed by atoms with Crippen molar-refractivity contribution in [3.8, 4) is 0 Å². The van der Waals surface area contributed by atoms with Crippen molar-refractivity contribution in [3.63, 3.8) is 0 Å². The maximum atomic E-state index is 13.5. The Morgan fingerprint density at radius 2 is 1.77 bits per heavy atom. The molecule has 1 heterocycles. The van der Waals surface area contributed by atoms with E-state index >= 15 is 0 Å². The lowest BCUT2D eigenvalue weighted by molar-refractivity contribution is -0.249. The van der Waals surface area contributed by atoms with E-state index in [0.717, 1.165) is 6.26 Å². The summed E-state index contributed by atoms with van der Waals surface area (Å²) in [7, 11) is -0.0104. The maximum absolute atomic E-state index is 13.5. The number of nitrogens with zero attached hydrogens (tertiary/aromatic N) is 3. The molecule has 1 unspecified atom stereocenters. The Labute approximate surface area is 177 Å². The van der Waals surface area contributed by atoms with Crippen LogP contribution in [0.2, 0.25) is 5.02 Å². The highest BCUT2D eigenvalue weighted by molar-refractivity contribution is 7.90. The molecule has 0 spiro atoms. The van der Waals surface area contributed by atoms with E-state index < -0.39 is 28.3 Å². The predicted octanol–water partition coefficient (Wildman–Crippen LogP) is 3.33. The van der Waals surface area contributed by atoms with Gasteiger partial charge in [0.2, 0.25) is 0 Å². The van der Waals surface area contributed by atoms with E-state index in [9.17, 15) is 26.7 Å². The zero-order valence-corrected chi connectivity index (χ0v) is 17.8. The van der Waals surface area contributed by atoms with E-state index in [2.05, 4.69) is 4.99 Å². The molecule has 0 radical (unpaired) electrons. The highest BCUT2D eigenvalue weighted by atomic mass is 35.5. The second-order valence-electron chi connectivity index (χ2n) is 7.16. The lowest BCUT2D eigenvalue weighted by Crippen LogP contribution is -2.47. The zero-order valence-electron chi connectivity index (χ0n) is 16.3. The van der Waals surface area contributed by atoms with Crippen LogP contribution in [0.3, 0.4) is 0 Å². The monoisotopic (exact) mass is 461 g/mol. The summed E-state index contributed by atoms with van der Waals surface area (Å²) in [6, 6.07) is 9.94. The van der Waals surface area contributed by atoms with Crippen molar-refractivity contribution >= 4 is 38.6 Å². The number of aliphatic imine (C=N–C) groups is 1. The van der Waals surface area contributed by atoms with Crippen molar-refractivity contribution in [2.75, 3.05) is 36.7 Å². The molecule has 0 amide bonds. The van der Waals surface area contributed by atoms with Gasteiger partial charge in [0.1, 0.15) is 5.84 Å². The number of anilines is 2. The minimum absolute atomic E-state index is 0.0244. The van der Waals surface area contributed by atoms with Crippen molar-refractivity contribution < 1.29 is 26.7 Å². The Bertz CT molecular complexity index is 1100. The average molecular weight is 462 g/mol. The fourth-order valence-electron chi connectivity index (χ4n) is 3.02. The zero-order chi connectivity index (χ0) is 22.5. The smallest absolute Gasteiger partial charge is 0.376 e. The molecule has 2 aromatic carbocycles. The van der Waals surface area contributed by atoms with Crippen molar-refractivity contribution in [1.82, 2.24) is 0 Å². The van der Waals surface area contributed by atoms with Gasteiger partial charge in [-0.2, -0.15) is 13.2 Å². The summed E-state index contributed by atoms with van der Waals surface area (Å²) in [5.41, 5.74) is -2.18. The number of rotatable bonds is 4. The molecule has 2 aromatic rings. The van der Waals surface area contributed by atoms with Crippen LogP contribution in [-0.2, 0) is 9.84 Å². The number of hydrogen-bond donors (Lipinski definition) is 1. The number of β-amino-alcohol motifs (C(OH)–C–C–N with tert-alkyl or cyclic N) is 1. The first-order valence-electron chi connectivity index (χ1n) is 8.67. The van der Waals surface area contributed by atoms with Gasteiger partial charge in [-0.3, -0.25) is 0 Å². The summed E-state index contributed by atoms with van der Waals surface area (Å²) in [5, 5.41) is 10.6. The molecule has 1 aliphatic rings. The molecular weight excluding hydrogens is 443 g/mol. The third-order valence-electron chi connectivity index (χ3n) is 4.64. The first-order valence-corrected chi connectivity index (χ1v) is 10.9. The average Bonchev–Trinajstić information content (AvgIpc) is 3.00. The topological polar surface area (TPSA) is 73.2 Å². The summed E-state index contributed by atoms with van der Waals surface area (Å²) in [6.07, 6.45) is -3.97. The van der Waals surface area contributed by atoms with Gasteiger partial charge in [-0.05, 0) is 42.5 Å². The quantitative estimate of drug-likeness (QED) is 0.756. The molecule has 30 heavy (non-hydrogen) atoms. The standard InChI is InChI=1S/C19H19ClF3N3O3S/c1-25(2)16-10-12(4-9-15(16)20)17-24-18(27,19(21,22)23)11-26(17)13-5-7-14(8-6-13)30(3,28)29/h4-10,27H,11H2,1-3H3. The van der Waals surface area contributed by atoms with Crippen LogP contribution in [0.5, 0.6) is 0 Å². The fourth-order valence-corrected chi connectivity index (χ4v) is 3.94. The maximum Gasteiger partial charge on any atom is 0.440 e. The van der Waals surface area contributed by atoms with E-state index in [1.54, 1.807) is 25.1 Å². The number of hydrogen-bond acceptors (Lipinski definition) is 6. The number of halogens is 4. The molecular formula is C19H19ClF3N3O3S. The van der Waals surface area contributed by atoms with E-state index in [4.69, 9.17) is 11.6 Å². The molecule has 0 saturated heterocycles. The van der Waals surface area contributed by atoms with Gasteiger partial charge >= 0.3 is 6.18 Å². The molecule has 0 fully saturated rings. The second kappa shape index (κ2) is 7.44. The van der Waals surface area contributed by atoms with Crippen LogP contribution >= 0.6 is 11.6 Å². The Hall–Kier alpha value is -2.30.